The normalized spacial score (nSPS) is 11.0. The van der Waals surface area contributed by atoms with E-state index in [9.17, 15) is 9.59 Å². The summed E-state index contributed by atoms with van der Waals surface area (Å²) < 4.78 is 1.47. The van der Waals surface area contributed by atoms with Gasteiger partial charge in [-0.25, -0.2) is 4.68 Å². The number of carbonyl (C=O) groups is 2. The van der Waals surface area contributed by atoms with Gasteiger partial charge in [0, 0.05) is 23.4 Å². The molecule has 0 atom stereocenters. The first-order valence-corrected chi connectivity index (χ1v) is 8.85. The lowest BCUT2D eigenvalue weighted by atomic mass is 10.0. The summed E-state index contributed by atoms with van der Waals surface area (Å²) in [6, 6.07) is 6.96. The number of amides is 1. The van der Waals surface area contributed by atoms with Crippen molar-refractivity contribution in [1.29, 1.82) is 0 Å². The van der Waals surface area contributed by atoms with E-state index in [0.29, 0.717) is 23.6 Å². The van der Waals surface area contributed by atoms with Gasteiger partial charge in [0.25, 0.3) is 5.91 Å². The van der Waals surface area contributed by atoms with Crippen LogP contribution < -0.4 is 5.32 Å². The largest absolute Gasteiger partial charge is 0.326 e. The van der Waals surface area contributed by atoms with E-state index in [0.717, 1.165) is 29.8 Å². The van der Waals surface area contributed by atoms with Crippen molar-refractivity contribution in [2.45, 2.75) is 59.8 Å². The molecule has 0 saturated heterocycles. The first-order chi connectivity index (χ1) is 11.8. The van der Waals surface area contributed by atoms with Crippen LogP contribution in [-0.2, 0) is 4.79 Å². The van der Waals surface area contributed by atoms with Crippen LogP contribution in [0.1, 0.15) is 73.3 Å². The van der Waals surface area contributed by atoms with Gasteiger partial charge in [0.2, 0.25) is 5.91 Å². The highest BCUT2D eigenvalue weighted by atomic mass is 16.2. The molecule has 0 fully saturated rings. The molecule has 5 nitrogen and oxygen atoms in total. The molecule has 25 heavy (non-hydrogen) atoms. The second-order valence-electron chi connectivity index (χ2n) is 6.69. The van der Waals surface area contributed by atoms with E-state index in [2.05, 4.69) is 31.2 Å². The number of nitrogens with zero attached hydrogens (tertiary/aromatic N) is 2. The third kappa shape index (κ3) is 4.35. The van der Waals surface area contributed by atoms with Crippen molar-refractivity contribution in [3.05, 3.63) is 46.8 Å². The van der Waals surface area contributed by atoms with Crippen molar-refractivity contribution in [1.82, 2.24) is 9.78 Å². The Morgan fingerprint density at radius 2 is 1.80 bits per heavy atom. The van der Waals surface area contributed by atoms with Crippen LogP contribution in [0.3, 0.4) is 0 Å². The van der Waals surface area contributed by atoms with Gasteiger partial charge in [-0.1, -0.05) is 27.2 Å². The molecule has 0 bridgehead atoms. The third-order valence-electron chi connectivity index (χ3n) is 4.29. The third-order valence-corrected chi connectivity index (χ3v) is 4.29. The highest BCUT2D eigenvalue weighted by Gasteiger charge is 2.19. The fourth-order valence-electron chi connectivity index (χ4n) is 3.07. The fourth-order valence-corrected chi connectivity index (χ4v) is 3.07. The van der Waals surface area contributed by atoms with Gasteiger partial charge in [-0.2, -0.15) is 5.10 Å². The monoisotopic (exact) mass is 341 g/mol. The van der Waals surface area contributed by atoms with E-state index in [1.165, 1.54) is 4.68 Å². The van der Waals surface area contributed by atoms with Gasteiger partial charge in [-0.3, -0.25) is 9.59 Å². The minimum atomic E-state index is -0.156. The smallest absolute Gasteiger partial charge is 0.278 e. The molecule has 0 aliphatic rings. The van der Waals surface area contributed by atoms with E-state index in [1.807, 2.05) is 13.8 Å². The summed E-state index contributed by atoms with van der Waals surface area (Å²) in [7, 11) is 0. The van der Waals surface area contributed by atoms with Gasteiger partial charge in [-0.05, 0) is 56.0 Å². The van der Waals surface area contributed by atoms with Crippen molar-refractivity contribution in [2.24, 2.45) is 0 Å². The molecule has 1 aromatic carbocycles. The SMILES string of the molecule is CCCCC(=O)Nc1ccc(C(=O)n2nc(C)c(C(C)C)c2C)cc1. The average Bonchev–Trinajstić information content (AvgIpc) is 2.87. The van der Waals surface area contributed by atoms with Crippen molar-refractivity contribution in [3.63, 3.8) is 0 Å². The molecule has 134 valence electrons. The zero-order valence-electron chi connectivity index (χ0n) is 15.7. The molecule has 0 unspecified atom stereocenters. The number of anilines is 1. The Balaban J connectivity index is 2.16. The molecule has 5 heteroatoms. The van der Waals surface area contributed by atoms with Crippen LogP contribution in [0.4, 0.5) is 5.69 Å². The Labute approximate surface area is 149 Å². The standard InChI is InChI=1S/C20H27N3O2/c1-6-7-8-18(24)21-17-11-9-16(10-12-17)20(25)23-15(5)19(13(2)3)14(4)22-23/h9-13H,6-8H2,1-5H3,(H,21,24). The second-order valence-corrected chi connectivity index (χ2v) is 6.69. The highest BCUT2D eigenvalue weighted by Crippen LogP contribution is 2.23. The van der Waals surface area contributed by atoms with Gasteiger partial charge in [0.15, 0.2) is 0 Å². The zero-order valence-corrected chi connectivity index (χ0v) is 15.7. The van der Waals surface area contributed by atoms with E-state index in [-0.39, 0.29) is 11.8 Å². The highest BCUT2D eigenvalue weighted by molar-refractivity contribution is 5.97. The molecule has 1 amide bonds. The number of carbonyl (C=O) groups excluding carboxylic acids is 2. The maximum absolute atomic E-state index is 12.7. The Morgan fingerprint density at radius 1 is 1.16 bits per heavy atom. The number of aromatic nitrogens is 2. The Hall–Kier alpha value is -2.43. The van der Waals surface area contributed by atoms with Gasteiger partial charge in [-0.15, -0.1) is 0 Å². The number of rotatable bonds is 6. The molecular weight excluding hydrogens is 314 g/mol. The molecule has 1 N–H and O–H groups in total. The minimum Gasteiger partial charge on any atom is -0.326 e. The maximum atomic E-state index is 12.7. The molecule has 2 aromatic rings. The van der Waals surface area contributed by atoms with Gasteiger partial charge >= 0.3 is 0 Å². The van der Waals surface area contributed by atoms with Gasteiger partial charge in [0.05, 0.1) is 5.69 Å². The molecule has 1 heterocycles. The van der Waals surface area contributed by atoms with E-state index < -0.39 is 0 Å². The van der Waals surface area contributed by atoms with Crippen LogP contribution in [0, 0.1) is 13.8 Å². The lowest BCUT2D eigenvalue weighted by Gasteiger charge is -2.08. The predicted molar refractivity (Wildman–Crippen MR) is 100 cm³/mol. The number of hydrogen-bond donors (Lipinski definition) is 1. The number of hydrogen-bond acceptors (Lipinski definition) is 3. The molecule has 2 rings (SSSR count). The Morgan fingerprint density at radius 3 is 2.32 bits per heavy atom. The second kappa shape index (κ2) is 8.10. The quantitative estimate of drug-likeness (QED) is 0.845. The minimum absolute atomic E-state index is 0.000970. The molecule has 0 saturated carbocycles. The van der Waals surface area contributed by atoms with Crippen LogP contribution in [0.15, 0.2) is 24.3 Å². The Bertz CT molecular complexity index is 758. The summed E-state index contributed by atoms with van der Waals surface area (Å²) in [6.45, 7) is 10.1. The van der Waals surface area contributed by atoms with E-state index in [1.54, 1.807) is 24.3 Å². The molecule has 1 aromatic heterocycles. The summed E-state index contributed by atoms with van der Waals surface area (Å²) >= 11 is 0. The van der Waals surface area contributed by atoms with Crippen molar-refractivity contribution in [3.8, 4) is 0 Å². The molecule has 0 spiro atoms. The number of unbranched alkanes of at least 4 members (excludes halogenated alkanes) is 1. The molecule has 0 radical (unpaired) electrons. The summed E-state index contributed by atoms with van der Waals surface area (Å²) in [5.41, 5.74) is 4.14. The van der Waals surface area contributed by atoms with Crippen LogP contribution in [0.2, 0.25) is 0 Å². The zero-order chi connectivity index (χ0) is 18.6. The average molecular weight is 341 g/mol. The topological polar surface area (TPSA) is 64.0 Å². The first-order valence-electron chi connectivity index (χ1n) is 8.85. The van der Waals surface area contributed by atoms with Crippen molar-refractivity contribution < 1.29 is 9.59 Å². The van der Waals surface area contributed by atoms with Crippen molar-refractivity contribution >= 4 is 17.5 Å². The number of aryl methyl sites for hydroxylation is 1. The fraction of sp³-hybridized carbons (Fsp3) is 0.450. The van der Waals surface area contributed by atoms with Crippen LogP contribution >= 0.6 is 0 Å². The van der Waals surface area contributed by atoms with Crippen LogP contribution in [0.25, 0.3) is 0 Å². The van der Waals surface area contributed by atoms with E-state index >= 15 is 0 Å². The van der Waals surface area contributed by atoms with Crippen LogP contribution in [-0.4, -0.2) is 21.6 Å². The predicted octanol–water partition coefficient (Wildman–Crippen LogP) is 4.44. The molecule has 0 aliphatic carbocycles. The van der Waals surface area contributed by atoms with Crippen molar-refractivity contribution in [2.75, 3.05) is 5.32 Å². The molecular formula is C20H27N3O2. The summed E-state index contributed by atoms with van der Waals surface area (Å²) in [5.74, 6) is 0.166. The van der Waals surface area contributed by atoms with Crippen LogP contribution in [0.5, 0.6) is 0 Å². The molecule has 0 aliphatic heterocycles. The summed E-state index contributed by atoms with van der Waals surface area (Å²) in [5, 5.41) is 7.26. The first kappa shape index (κ1) is 18.9. The lowest BCUT2D eigenvalue weighted by molar-refractivity contribution is -0.116. The Kier molecular flexibility index (Phi) is 6.12. The maximum Gasteiger partial charge on any atom is 0.278 e. The van der Waals surface area contributed by atoms with Gasteiger partial charge < -0.3 is 5.32 Å². The van der Waals surface area contributed by atoms with Gasteiger partial charge in [0.1, 0.15) is 0 Å². The lowest BCUT2D eigenvalue weighted by Crippen LogP contribution is -2.16. The summed E-state index contributed by atoms with van der Waals surface area (Å²) in [4.78, 5) is 24.5. The van der Waals surface area contributed by atoms with E-state index in [4.69, 9.17) is 0 Å². The summed E-state index contributed by atoms with van der Waals surface area (Å²) in [6.07, 6.45) is 2.38. The number of nitrogens with one attached hydrogen (secondary N) is 1. The number of benzene rings is 1.